The smallest absolute Gasteiger partial charge is 0.217 e. The molecule has 1 unspecified atom stereocenters. The van der Waals surface area contributed by atoms with E-state index in [1.165, 1.54) is 0 Å². The van der Waals surface area contributed by atoms with Gasteiger partial charge in [-0.25, -0.2) is 0 Å². The Kier molecular flexibility index (Phi) is 14.8. The Bertz CT molecular complexity index is 1140. The molecule has 296 valence electrons. The second kappa shape index (κ2) is 18.0. The van der Waals surface area contributed by atoms with E-state index in [4.69, 9.17) is 33.2 Å². The molecule has 0 aromatic carbocycles. The fourth-order valence-corrected chi connectivity index (χ4v) is 6.36. The van der Waals surface area contributed by atoms with Crippen LogP contribution in [0.25, 0.3) is 0 Å². The number of aliphatic hydroxyl groups is 12. The molecule has 23 heteroatoms. The van der Waals surface area contributed by atoms with Gasteiger partial charge in [0.05, 0.1) is 26.4 Å². The van der Waals surface area contributed by atoms with Crippen LogP contribution < -0.4 is 10.6 Å². The quantitative estimate of drug-likeness (QED) is 0.0881. The molecule has 20 atom stereocenters. The average Bonchev–Trinajstić information content (AvgIpc) is 3.09. The Balaban J connectivity index is 1.51. The minimum Gasteiger partial charge on any atom is -0.394 e. The Hall–Kier alpha value is -1.82. The van der Waals surface area contributed by atoms with Gasteiger partial charge in [-0.1, -0.05) is 0 Å². The van der Waals surface area contributed by atoms with Crippen LogP contribution in [0.5, 0.6) is 0 Å². The zero-order valence-corrected chi connectivity index (χ0v) is 27.4. The first-order chi connectivity index (χ1) is 24.1. The Labute approximate surface area is 289 Å². The van der Waals surface area contributed by atoms with Gasteiger partial charge >= 0.3 is 0 Å². The van der Waals surface area contributed by atoms with E-state index in [1.807, 2.05) is 0 Å². The lowest BCUT2D eigenvalue weighted by Gasteiger charge is -2.50. The summed E-state index contributed by atoms with van der Waals surface area (Å²) in [5, 5.41) is 129. The number of hydrogen-bond donors (Lipinski definition) is 14. The number of aliphatic hydroxyl groups excluding tert-OH is 12. The van der Waals surface area contributed by atoms with Gasteiger partial charge in [-0.05, 0) is 0 Å². The third kappa shape index (κ3) is 9.11. The van der Waals surface area contributed by atoms with Gasteiger partial charge in [-0.3, -0.25) is 9.59 Å². The van der Waals surface area contributed by atoms with E-state index in [-0.39, 0.29) is 0 Å². The number of carbonyl (C=O) groups is 2. The van der Waals surface area contributed by atoms with Crippen LogP contribution in [0.3, 0.4) is 0 Å². The summed E-state index contributed by atoms with van der Waals surface area (Å²) in [6.07, 6.45) is -31.1. The van der Waals surface area contributed by atoms with E-state index >= 15 is 0 Å². The van der Waals surface area contributed by atoms with E-state index in [0.29, 0.717) is 0 Å². The first-order valence-corrected chi connectivity index (χ1v) is 16.1. The fraction of sp³-hybridized carbons (Fsp3) is 0.929. The molecule has 2 amide bonds. The van der Waals surface area contributed by atoms with Crippen molar-refractivity contribution in [2.75, 3.05) is 26.4 Å². The SMILES string of the molecule is CC(=O)N[C@H]1[C@H](O[C@H]2[C@H](O)[C@H](O)[C@H](O[C@H]3[C@H](O)[C@@H](NC(C)=O)C(O)O[C@@H]3CO)O[C@@H]2CO)O[C@H](CO)[C@@H](O[C@@H]2O[C@H](CO)[C@@H](O)[C@H](O)[C@@H]2O)[C@@H]1O. The topological polar surface area (TPSA) is 366 Å². The van der Waals surface area contributed by atoms with Crippen molar-refractivity contribution in [3.63, 3.8) is 0 Å². The Morgan fingerprint density at radius 3 is 1.33 bits per heavy atom. The van der Waals surface area contributed by atoms with Crippen LogP contribution in [0.2, 0.25) is 0 Å². The second-order valence-electron chi connectivity index (χ2n) is 12.6. The molecular formula is C28H48N2O21. The zero-order valence-electron chi connectivity index (χ0n) is 27.4. The minimum atomic E-state index is -2.03. The lowest BCUT2D eigenvalue weighted by Crippen LogP contribution is -2.70. The molecular weight excluding hydrogens is 700 g/mol. The molecule has 4 aliphatic heterocycles. The highest BCUT2D eigenvalue weighted by Crippen LogP contribution is 2.34. The molecule has 0 aliphatic carbocycles. The van der Waals surface area contributed by atoms with Gasteiger partial charge in [-0.15, -0.1) is 0 Å². The van der Waals surface area contributed by atoms with Crippen molar-refractivity contribution in [2.24, 2.45) is 0 Å². The van der Waals surface area contributed by atoms with Gasteiger partial charge in [0.1, 0.15) is 97.5 Å². The second-order valence-corrected chi connectivity index (χ2v) is 12.6. The summed E-state index contributed by atoms with van der Waals surface area (Å²) in [5.41, 5.74) is 0. The third-order valence-electron chi connectivity index (χ3n) is 9.01. The van der Waals surface area contributed by atoms with Gasteiger partial charge in [0.25, 0.3) is 0 Å². The molecule has 4 saturated heterocycles. The molecule has 4 aliphatic rings. The molecule has 51 heavy (non-hydrogen) atoms. The zero-order chi connectivity index (χ0) is 37.9. The van der Waals surface area contributed by atoms with Crippen LogP contribution in [0.1, 0.15) is 13.8 Å². The molecule has 4 rings (SSSR count). The lowest BCUT2D eigenvalue weighted by molar-refractivity contribution is -0.376. The number of amides is 2. The average molecular weight is 749 g/mol. The van der Waals surface area contributed by atoms with Crippen molar-refractivity contribution in [3.05, 3.63) is 0 Å². The maximum Gasteiger partial charge on any atom is 0.217 e. The standard InChI is InChI=1S/C28H48N2O21/c1-7(35)29-13-16(38)22(10(4-32)45-25(13)44)50-28-21(43)19(41)24(12(6-34)48-28)49-26-14(30-8(2)36)17(39)23(11(5-33)47-26)51-27-20(42)18(40)15(37)9(3-31)46-27/h9-28,31-34,37-44H,3-6H2,1-2H3,(H,29,35)(H,30,36)/t9-,10-,11-,12-,13-,14-,15-,16-,17-,18+,19-,20+,21+,22-,23-,24-,25?,26+,27+,28+/m1/s1. The van der Waals surface area contributed by atoms with Crippen molar-refractivity contribution in [3.8, 4) is 0 Å². The van der Waals surface area contributed by atoms with Crippen LogP contribution in [-0.4, -0.2) is 222 Å². The van der Waals surface area contributed by atoms with Gasteiger partial charge in [-0.2, -0.15) is 0 Å². The van der Waals surface area contributed by atoms with E-state index in [1.54, 1.807) is 0 Å². The van der Waals surface area contributed by atoms with E-state index in [2.05, 4.69) is 10.6 Å². The first-order valence-electron chi connectivity index (χ1n) is 16.1. The monoisotopic (exact) mass is 748 g/mol. The van der Waals surface area contributed by atoms with E-state index in [9.17, 15) is 70.9 Å². The lowest BCUT2D eigenvalue weighted by atomic mass is 9.94. The molecule has 14 N–H and O–H groups in total. The number of hydrogen-bond acceptors (Lipinski definition) is 21. The highest BCUT2D eigenvalue weighted by Gasteiger charge is 2.55. The summed E-state index contributed by atoms with van der Waals surface area (Å²) in [5.74, 6) is -1.40. The number of nitrogens with one attached hydrogen (secondary N) is 2. The van der Waals surface area contributed by atoms with Gasteiger partial charge in [0.2, 0.25) is 11.8 Å². The van der Waals surface area contributed by atoms with Crippen LogP contribution in [0.4, 0.5) is 0 Å². The molecule has 0 bridgehead atoms. The summed E-state index contributed by atoms with van der Waals surface area (Å²) >= 11 is 0. The Morgan fingerprint density at radius 2 is 0.843 bits per heavy atom. The summed E-state index contributed by atoms with van der Waals surface area (Å²) < 4.78 is 39.1. The molecule has 0 aromatic rings. The van der Waals surface area contributed by atoms with Crippen LogP contribution >= 0.6 is 0 Å². The number of carbonyl (C=O) groups excluding carboxylic acids is 2. The summed E-state index contributed by atoms with van der Waals surface area (Å²) in [6.45, 7) is -1.26. The van der Waals surface area contributed by atoms with Crippen LogP contribution in [0, 0.1) is 0 Å². The maximum absolute atomic E-state index is 12.2. The first kappa shape index (κ1) is 41.9. The molecule has 23 nitrogen and oxygen atoms in total. The molecule has 0 spiro atoms. The predicted molar refractivity (Wildman–Crippen MR) is 157 cm³/mol. The van der Waals surface area contributed by atoms with Gasteiger partial charge < -0.3 is 105 Å². The fourth-order valence-electron chi connectivity index (χ4n) is 6.36. The molecule has 0 radical (unpaired) electrons. The van der Waals surface area contributed by atoms with Gasteiger partial charge in [0.15, 0.2) is 25.2 Å². The van der Waals surface area contributed by atoms with Crippen molar-refractivity contribution in [1.82, 2.24) is 10.6 Å². The van der Waals surface area contributed by atoms with Crippen molar-refractivity contribution in [2.45, 2.75) is 137 Å². The van der Waals surface area contributed by atoms with E-state index < -0.39 is 161 Å². The van der Waals surface area contributed by atoms with Crippen molar-refractivity contribution in [1.29, 1.82) is 0 Å². The van der Waals surface area contributed by atoms with E-state index in [0.717, 1.165) is 13.8 Å². The van der Waals surface area contributed by atoms with Crippen molar-refractivity contribution < 1.29 is 104 Å². The highest BCUT2D eigenvalue weighted by molar-refractivity contribution is 5.73. The summed E-state index contributed by atoms with van der Waals surface area (Å²) in [7, 11) is 0. The normalized spacial score (nSPS) is 47.8. The van der Waals surface area contributed by atoms with Gasteiger partial charge in [0, 0.05) is 13.8 Å². The number of ether oxygens (including phenoxy) is 7. The van der Waals surface area contributed by atoms with Crippen LogP contribution in [0.15, 0.2) is 0 Å². The third-order valence-corrected chi connectivity index (χ3v) is 9.01. The largest absolute Gasteiger partial charge is 0.394 e. The van der Waals surface area contributed by atoms with Crippen LogP contribution in [-0.2, 0) is 42.7 Å². The Morgan fingerprint density at radius 1 is 0.471 bits per heavy atom. The summed E-state index contributed by atoms with van der Waals surface area (Å²) in [6, 6.07) is -3.03. The molecule has 4 fully saturated rings. The highest BCUT2D eigenvalue weighted by atomic mass is 16.8. The van der Waals surface area contributed by atoms with Crippen molar-refractivity contribution >= 4 is 11.8 Å². The number of rotatable bonds is 12. The molecule has 0 aromatic heterocycles. The molecule has 4 heterocycles. The maximum atomic E-state index is 12.2. The predicted octanol–water partition coefficient (Wildman–Crippen LogP) is -9.46. The summed E-state index contributed by atoms with van der Waals surface area (Å²) in [4.78, 5) is 23.8. The minimum absolute atomic E-state index is 0.657. The molecule has 0 saturated carbocycles.